The van der Waals surface area contributed by atoms with Crippen LogP contribution < -0.4 is 24.3 Å². The predicted molar refractivity (Wildman–Crippen MR) is 80.1 cm³/mol. The molecule has 2 aromatic rings. The highest BCUT2D eigenvalue weighted by Gasteiger charge is 2.16. The lowest BCUT2D eigenvalue weighted by molar-refractivity contribution is 0.102. The minimum atomic E-state index is -0.256. The highest BCUT2D eigenvalue weighted by Crippen LogP contribution is 2.33. The number of anilines is 1. The maximum Gasteiger partial charge on any atom is 0.255 e. The van der Waals surface area contributed by atoms with Crippen LogP contribution in [0.2, 0.25) is 0 Å². The van der Waals surface area contributed by atoms with E-state index in [1.54, 1.807) is 50.6 Å². The van der Waals surface area contributed by atoms with Crippen molar-refractivity contribution in [2.75, 3.05) is 26.3 Å². The fraction of sp³-hybridized carbons (Fsp3) is 0.188. The van der Waals surface area contributed by atoms with Gasteiger partial charge in [0.2, 0.25) is 6.79 Å². The summed E-state index contributed by atoms with van der Waals surface area (Å²) < 4.78 is 20.8. The van der Waals surface area contributed by atoms with E-state index in [4.69, 9.17) is 18.9 Å². The van der Waals surface area contributed by atoms with Gasteiger partial charge in [0.1, 0.15) is 11.5 Å². The van der Waals surface area contributed by atoms with Crippen LogP contribution in [0, 0.1) is 0 Å². The molecule has 0 unspecified atom stereocenters. The Balaban J connectivity index is 1.82. The third kappa shape index (κ3) is 2.76. The average molecular weight is 301 g/mol. The largest absolute Gasteiger partial charge is 0.497 e. The summed E-state index contributed by atoms with van der Waals surface area (Å²) in [5.74, 6) is 2.14. The van der Waals surface area contributed by atoms with E-state index in [2.05, 4.69) is 5.32 Å². The molecule has 0 saturated carbocycles. The van der Waals surface area contributed by atoms with Crippen LogP contribution >= 0.6 is 0 Å². The molecule has 0 aromatic heterocycles. The van der Waals surface area contributed by atoms with Crippen LogP contribution in [-0.4, -0.2) is 26.9 Å². The lowest BCUT2D eigenvalue weighted by atomic mass is 10.2. The second-order valence-corrected chi connectivity index (χ2v) is 4.62. The number of rotatable bonds is 4. The van der Waals surface area contributed by atoms with Gasteiger partial charge >= 0.3 is 0 Å². The molecule has 0 saturated heterocycles. The molecule has 1 heterocycles. The Bertz CT molecular complexity index is 691. The highest BCUT2D eigenvalue weighted by atomic mass is 16.7. The van der Waals surface area contributed by atoms with Gasteiger partial charge in [0, 0.05) is 29.4 Å². The predicted octanol–water partition coefficient (Wildman–Crippen LogP) is 2.68. The van der Waals surface area contributed by atoms with Gasteiger partial charge in [-0.05, 0) is 18.2 Å². The molecule has 114 valence electrons. The van der Waals surface area contributed by atoms with Crippen molar-refractivity contribution in [2.24, 2.45) is 0 Å². The quantitative estimate of drug-likeness (QED) is 0.940. The molecule has 0 radical (unpaired) electrons. The first-order valence-corrected chi connectivity index (χ1v) is 6.63. The molecule has 0 aliphatic carbocycles. The maximum atomic E-state index is 12.3. The Hall–Kier alpha value is -2.89. The second kappa shape index (κ2) is 5.85. The average Bonchev–Trinajstić information content (AvgIpc) is 3.01. The zero-order valence-electron chi connectivity index (χ0n) is 12.2. The minimum absolute atomic E-state index is 0.174. The molecular formula is C16H15NO5. The molecule has 0 bridgehead atoms. The summed E-state index contributed by atoms with van der Waals surface area (Å²) in [5, 5.41) is 2.80. The van der Waals surface area contributed by atoms with Crippen molar-refractivity contribution in [1.29, 1.82) is 0 Å². The summed E-state index contributed by atoms with van der Waals surface area (Å²) in [6.07, 6.45) is 0. The summed E-state index contributed by atoms with van der Waals surface area (Å²) in [6.45, 7) is 0.174. The van der Waals surface area contributed by atoms with Gasteiger partial charge in [-0.1, -0.05) is 0 Å². The molecule has 2 aromatic carbocycles. The number of benzene rings is 2. The minimum Gasteiger partial charge on any atom is -0.497 e. The van der Waals surface area contributed by atoms with Crippen LogP contribution in [0.4, 0.5) is 5.69 Å². The van der Waals surface area contributed by atoms with E-state index in [-0.39, 0.29) is 12.7 Å². The van der Waals surface area contributed by atoms with E-state index in [1.807, 2.05) is 0 Å². The Morgan fingerprint density at radius 1 is 1.00 bits per heavy atom. The van der Waals surface area contributed by atoms with Crippen molar-refractivity contribution < 1.29 is 23.7 Å². The van der Waals surface area contributed by atoms with Crippen LogP contribution in [-0.2, 0) is 0 Å². The monoisotopic (exact) mass is 301 g/mol. The van der Waals surface area contributed by atoms with E-state index in [9.17, 15) is 4.79 Å². The summed E-state index contributed by atoms with van der Waals surface area (Å²) in [4.78, 5) is 12.3. The number of hydrogen-bond donors (Lipinski definition) is 1. The standard InChI is InChI=1S/C16H15NO5/c1-19-12-6-11(7-13(8-12)20-2)17-16(18)10-3-4-14-15(5-10)22-9-21-14/h3-8H,9H2,1-2H3,(H,17,18). The first kappa shape index (κ1) is 14.1. The van der Waals surface area contributed by atoms with Crippen LogP contribution in [0.15, 0.2) is 36.4 Å². The van der Waals surface area contributed by atoms with Gasteiger partial charge in [-0.3, -0.25) is 4.79 Å². The topological polar surface area (TPSA) is 66.0 Å². The second-order valence-electron chi connectivity index (χ2n) is 4.62. The summed E-state index contributed by atoms with van der Waals surface area (Å²) in [7, 11) is 3.11. The molecule has 1 amide bonds. The van der Waals surface area contributed by atoms with Crippen molar-refractivity contribution in [3.05, 3.63) is 42.0 Å². The first-order valence-electron chi connectivity index (χ1n) is 6.63. The van der Waals surface area contributed by atoms with Crippen LogP contribution in [0.25, 0.3) is 0 Å². The Labute approximate surface area is 127 Å². The number of hydrogen-bond acceptors (Lipinski definition) is 5. The zero-order chi connectivity index (χ0) is 15.5. The smallest absolute Gasteiger partial charge is 0.255 e. The van der Waals surface area contributed by atoms with Gasteiger partial charge in [-0.15, -0.1) is 0 Å². The molecule has 1 aliphatic heterocycles. The zero-order valence-corrected chi connectivity index (χ0v) is 12.2. The van der Waals surface area contributed by atoms with Crippen LogP contribution in [0.3, 0.4) is 0 Å². The lowest BCUT2D eigenvalue weighted by Gasteiger charge is -2.10. The Morgan fingerprint density at radius 2 is 1.68 bits per heavy atom. The van der Waals surface area contributed by atoms with Crippen LogP contribution in [0.5, 0.6) is 23.0 Å². The molecule has 1 N–H and O–H groups in total. The number of fused-ring (bicyclic) bond motifs is 1. The summed E-state index contributed by atoms with van der Waals surface area (Å²) >= 11 is 0. The van der Waals surface area contributed by atoms with Gasteiger partial charge < -0.3 is 24.3 Å². The number of methoxy groups -OCH3 is 2. The van der Waals surface area contributed by atoms with E-state index < -0.39 is 0 Å². The summed E-state index contributed by atoms with van der Waals surface area (Å²) in [5.41, 5.74) is 1.06. The number of nitrogens with one attached hydrogen (secondary N) is 1. The maximum absolute atomic E-state index is 12.3. The molecule has 0 fully saturated rings. The number of ether oxygens (including phenoxy) is 4. The van der Waals surface area contributed by atoms with Gasteiger partial charge in [0.25, 0.3) is 5.91 Å². The van der Waals surface area contributed by atoms with E-state index >= 15 is 0 Å². The van der Waals surface area contributed by atoms with E-state index in [1.165, 1.54) is 0 Å². The first-order chi connectivity index (χ1) is 10.7. The molecule has 6 nitrogen and oxygen atoms in total. The van der Waals surface area contributed by atoms with Gasteiger partial charge in [0.05, 0.1) is 14.2 Å². The Kier molecular flexibility index (Phi) is 3.74. The van der Waals surface area contributed by atoms with Crippen molar-refractivity contribution in [3.8, 4) is 23.0 Å². The third-order valence-electron chi connectivity index (χ3n) is 3.24. The normalized spacial score (nSPS) is 11.9. The lowest BCUT2D eigenvalue weighted by Crippen LogP contribution is -2.12. The molecule has 1 aliphatic rings. The highest BCUT2D eigenvalue weighted by molar-refractivity contribution is 6.04. The molecular weight excluding hydrogens is 286 g/mol. The SMILES string of the molecule is COc1cc(NC(=O)c2ccc3c(c2)OCO3)cc(OC)c1. The van der Waals surface area contributed by atoms with Crippen LogP contribution in [0.1, 0.15) is 10.4 Å². The van der Waals surface area contributed by atoms with Crippen molar-refractivity contribution in [3.63, 3.8) is 0 Å². The fourth-order valence-electron chi connectivity index (χ4n) is 2.12. The molecule has 3 rings (SSSR count). The van der Waals surface area contributed by atoms with Gasteiger partial charge in [-0.2, -0.15) is 0 Å². The molecule has 0 spiro atoms. The number of amides is 1. The number of carbonyl (C=O) groups excluding carboxylic acids is 1. The van der Waals surface area contributed by atoms with E-state index in [0.29, 0.717) is 34.2 Å². The van der Waals surface area contributed by atoms with E-state index in [0.717, 1.165) is 0 Å². The molecule has 0 atom stereocenters. The molecule has 6 heteroatoms. The third-order valence-corrected chi connectivity index (χ3v) is 3.24. The molecule has 22 heavy (non-hydrogen) atoms. The van der Waals surface area contributed by atoms with Crippen molar-refractivity contribution in [1.82, 2.24) is 0 Å². The fourth-order valence-corrected chi connectivity index (χ4v) is 2.12. The van der Waals surface area contributed by atoms with Crippen molar-refractivity contribution in [2.45, 2.75) is 0 Å². The number of carbonyl (C=O) groups is 1. The Morgan fingerprint density at radius 3 is 2.36 bits per heavy atom. The van der Waals surface area contributed by atoms with Crippen molar-refractivity contribution >= 4 is 11.6 Å². The van der Waals surface area contributed by atoms with Gasteiger partial charge in [-0.25, -0.2) is 0 Å². The van der Waals surface area contributed by atoms with Gasteiger partial charge in [0.15, 0.2) is 11.5 Å². The summed E-state index contributed by atoms with van der Waals surface area (Å²) in [6, 6.07) is 10.2.